The number of rotatable bonds is 4. The van der Waals surface area contributed by atoms with Crippen LogP contribution in [0.25, 0.3) is 10.9 Å². The highest BCUT2D eigenvalue weighted by molar-refractivity contribution is 8.00. The van der Waals surface area contributed by atoms with E-state index in [1.807, 2.05) is 0 Å². The van der Waals surface area contributed by atoms with Crippen molar-refractivity contribution in [2.24, 2.45) is 0 Å². The highest BCUT2D eigenvalue weighted by atomic mass is 35.5. The number of hydrogen-bond acceptors (Lipinski definition) is 2. The molecule has 0 radical (unpaired) electrons. The second-order valence-corrected chi connectivity index (χ2v) is 8.07. The topological polar surface area (TPSA) is 8.17 Å². The van der Waals surface area contributed by atoms with Crippen molar-refractivity contribution in [3.8, 4) is 0 Å². The van der Waals surface area contributed by atoms with Gasteiger partial charge >= 0.3 is 0 Å². The maximum Gasteiger partial charge on any atom is 0.0547 e. The molecule has 0 bridgehead atoms. The Bertz CT molecular complexity index is 617. The molecule has 0 amide bonds. The van der Waals surface area contributed by atoms with Gasteiger partial charge in [-0.2, -0.15) is 0 Å². The summed E-state index contributed by atoms with van der Waals surface area (Å²) in [4.78, 5) is 2.30. The molecular formula is C18H27ClN2S. The zero-order valence-electron chi connectivity index (χ0n) is 14.1. The first kappa shape index (κ1) is 17.7. The minimum atomic E-state index is 0. The second-order valence-electron chi connectivity index (χ2n) is 6.47. The molecule has 0 aliphatic carbocycles. The molecule has 1 aromatic heterocycles. The van der Waals surface area contributed by atoms with Crippen LogP contribution in [0.15, 0.2) is 24.3 Å². The fourth-order valence-corrected chi connectivity index (χ4v) is 5.00. The van der Waals surface area contributed by atoms with Gasteiger partial charge in [0, 0.05) is 23.1 Å². The number of para-hydroxylation sites is 1. The molecule has 122 valence electrons. The molecule has 1 atom stereocenters. The van der Waals surface area contributed by atoms with E-state index in [0.717, 1.165) is 13.1 Å². The molecule has 2 nitrogen and oxygen atoms in total. The van der Waals surface area contributed by atoms with Crippen LogP contribution < -0.4 is 0 Å². The molecule has 0 N–H and O–H groups in total. The molecule has 0 saturated carbocycles. The molecule has 0 unspecified atom stereocenters. The standard InChI is InChI=1S/C18H26N2S.ClH/c1-5-20-16-9-7-6-8-14(16)15-10-13-21-18(2,17(15)20)11-12-19(3)4;/h6-9H,5,10-13H2,1-4H3;1H/t18-;/m1./s1. The van der Waals surface area contributed by atoms with Gasteiger partial charge in [0.25, 0.3) is 0 Å². The maximum absolute atomic E-state index is 2.56. The summed E-state index contributed by atoms with van der Waals surface area (Å²) in [5.74, 6) is 1.24. The fraction of sp³-hybridized carbons (Fsp3) is 0.556. The van der Waals surface area contributed by atoms with Crippen LogP contribution in [0.3, 0.4) is 0 Å². The van der Waals surface area contributed by atoms with Gasteiger partial charge in [0.05, 0.1) is 4.75 Å². The summed E-state index contributed by atoms with van der Waals surface area (Å²) in [6, 6.07) is 8.95. The van der Waals surface area contributed by atoms with Gasteiger partial charge < -0.3 is 9.47 Å². The lowest BCUT2D eigenvalue weighted by atomic mass is 9.95. The highest BCUT2D eigenvalue weighted by Gasteiger charge is 2.37. The van der Waals surface area contributed by atoms with Crippen LogP contribution in [0.5, 0.6) is 0 Å². The van der Waals surface area contributed by atoms with Gasteiger partial charge in [0.2, 0.25) is 0 Å². The smallest absolute Gasteiger partial charge is 0.0547 e. The minimum absolute atomic E-state index is 0. The summed E-state index contributed by atoms with van der Waals surface area (Å²) in [7, 11) is 4.35. The zero-order valence-corrected chi connectivity index (χ0v) is 15.7. The van der Waals surface area contributed by atoms with Crippen LogP contribution in [0.1, 0.15) is 31.5 Å². The van der Waals surface area contributed by atoms with E-state index in [1.54, 1.807) is 11.3 Å². The lowest BCUT2D eigenvalue weighted by Crippen LogP contribution is -2.31. The van der Waals surface area contributed by atoms with Crippen LogP contribution in [-0.2, 0) is 17.7 Å². The molecule has 0 saturated heterocycles. The van der Waals surface area contributed by atoms with Crippen molar-refractivity contribution < 1.29 is 0 Å². The molecule has 1 aromatic carbocycles. The van der Waals surface area contributed by atoms with Crippen LogP contribution in [0.2, 0.25) is 0 Å². The van der Waals surface area contributed by atoms with Gasteiger partial charge in [-0.1, -0.05) is 18.2 Å². The van der Waals surface area contributed by atoms with E-state index in [1.165, 1.54) is 29.5 Å². The Kier molecular flexibility index (Phi) is 5.52. The zero-order chi connectivity index (χ0) is 15.0. The summed E-state index contributed by atoms with van der Waals surface area (Å²) in [6.07, 6.45) is 2.43. The number of nitrogens with zero attached hydrogens (tertiary/aromatic N) is 2. The molecule has 3 rings (SSSR count). The Labute approximate surface area is 144 Å². The van der Waals surface area contributed by atoms with Gasteiger partial charge in [-0.3, -0.25) is 0 Å². The lowest BCUT2D eigenvalue weighted by Gasteiger charge is -2.36. The number of hydrogen-bond donors (Lipinski definition) is 0. The first-order valence-corrected chi connectivity index (χ1v) is 8.94. The number of benzene rings is 1. The SMILES string of the molecule is CCn1c2c(c3ccccc31)CCS[C@]2(C)CCN(C)C.Cl. The van der Waals surface area contributed by atoms with E-state index in [0.29, 0.717) is 0 Å². The van der Waals surface area contributed by atoms with Gasteiger partial charge in [-0.05, 0) is 64.7 Å². The minimum Gasteiger partial charge on any atom is -0.343 e. The summed E-state index contributed by atoms with van der Waals surface area (Å²) in [6.45, 7) is 6.94. The average molecular weight is 339 g/mol. The van der Waals surface area contributed by atoms with Crippen molar-refractivity contribution in [2.75, 3.05) is 26.4 Å². The van der Waals surface area contributed by atoms with E-state index in [2.05, 4.69) is 73.4 Å². The van der Waals surface area contributed by atoms with E-state index in [-0.39, 0.29) is 17.2 Å². The summed E-state index contributed by atoms with van der Waals surface area (Å²) < 4.78 is 2.80. The second kappa shape index (κ2) is 6.86. The predicted molar refractivity (Wildman–Crippen MR) is 102 cm³/mol. The highest BCUT2D eigenvalue weighted by Crippen LogP contribution is 2.48. The third-order valence-electron chi connectivity index (χ3n) is 4.70. The van der Waals surface area contributed by atoms with Crippen molar-refractivity contribution in [1.82, 2.24) is 9.47 Å². The molecule has 22 heavy (non-hydrogen) atoms. The van der Waals surface area contributed by atoms with Crippen LogP contribution in [-0.4, -0.2) is 35.9 Å². The third-order valence-corrected chi connectivity index (χ3v) is 6.14. The summed E-state index contributed by atoms with van der Waals surface area (Å²) in [5, 5.41) is 1.48. The Balaban J connectivity index is 0.00000176. The van der Waals surface area contributed by atoms with Gasteiger partial charge in [0.15, 0.2) is 0 Å². The maximum atomic E-state index is 2.56. The molecular weight excluding hydrogens is 312 g/mol. The normalized spacial score (nSPS) is 21.0. The summed E-state index contributed by atoms with van der Waals surface area (Å²) >= 11 is 2.15. The summed E-state index contributed by atoms with van der Waals surface area (Å²) in [5.41, 5.74) is 4.61. The predicted octanol–water partition coefficient (Wildman–Crippen LogP) is 4.54. The van der Waals surface area contributed by atoms with Crippen molar-refractivity contribution in [3.63, 3.8) is 0 Å². The third kappa shape index (κ3) is 2.91. The number of fused-ring (bicyclic) bond motifs is 3. The number of aryl methyl sites for hydroxylation is 2. The van der Waals surface area contributed by atoms with Crippen LogP contribution in [0.4, 0.5) is 0 Å². The van der Waals surface area contributed by atoms with Gasteiger partial charge in [0.1, 0.15) is 0 Å². The van der Waals surface area contributed by atoms with Crippen molar-refractivity contribution in [1.29, 1.82) is 0 Å². The molecule has 0 spiro atoms. The number of thioether (sulfide) groups is 1. The Hall–Kier alpha value is -0.640. The van der Waals surface area contributed by atoms with E-state index >= 15 is 0 Å². The largest absolute Gasteiger partial charge is 0.343 e. The molecule has 4 heteroatoms. The van der Waals surface area contributed by atoms with Crippen LogP contribution >= 0.6 is 24.2 Å². The molecule has 0 fully saturated rings. The lowest BCUT2D eigenvalue weighted by molar-refractivity contribution is 0.370. The van der Waals surface area contributed by atoms with E-state index in [9.17, 15) is 0 Å². The first-order chi connectivity index (χ1) is 10.1. The van der Waals surface area contributed by atoms with Gasteiger partial charge in [-0.15, -0.1) is 24.2 Å². The van der Waals surface area contributed by atoms with Crippen molar-refractivity contribution in [2.45, 2.75) is 38.0 Å². The van der Waals surface area contributed by atoms with Crippen molar-refractivity contribution in [3.05, 3.63) is 35.5 Å². The quantitative estimate of drug-likeness (QED) is 0.808. The Morgan fingerprint density at radius 3 is 2.68 bits per heavy atom. The van der Waals surface area contributed by atoms with E-state index in [4.69, 9.17) is 0 Å². The van der Waals surface area contributed by atoms with Gasteiger partial charge in [-0.25, -0.2) is 0 Å². The van der Waals surface area contributed by atoms with Crippen LogP contribution in [0, 0.1) is 0 Å². The Morgan fingerprint density at radius 1 is 1.27 bits per heavy atom. The monoisotopic (exact) mass is 338 g/mol. The Morgan fingerprint density at radius 2 is 2.00 bits per heavy atom. The molecule has 2 heterocycles. The molecule has 2 aromatic rings. The van der Waals surface area contributed by atoms with Crippen molar-refractivity contribution >= 4 is 35.1 Å². The average Bonchev–Trinajstić information content (AvgIpc) is 2.81. The first-order valence-electron chi connectivity index (χ1n) is 7.96. The molecule has 1 aliphatic rings. The number of halogens is 1. The van der Waals surface area contributed by atoms with E-state index < -0.39 is 0 Å². The number of aromatic nitrogens is 1. The molecule has 1 aliphatic heterocycles. The fourth-order valence-electron chi connectivity index (χ4n) is 3.64.